The zero-order valence-corrected chi connectivity index (χ0v) is 11.5. The van der Waals surface area contributed by atoms with Crippen LogP contribution in [-0.4, -0.2) is 17.3 Å². The van der Waals surface area contributed by atoms with Gasteiger partial charge in [0, 0.05) is 23.4 Å². The molecular formula is C16H14N2O3. The van der Waals surface area contributed by atoms with Crippen LogP contribution < -0.4 is 4.90 Å². The average molecular weight is 282 g/mol. The summed E-state index contributed by atoms with van der Waals surface area (Å²) < 4.78 is 0. The topological polar surface area (TPSA) is 63.5 Å². The molecule has 1 atom stereocenters. The number of fused-ring (bicyclic) bond motifs is 1. The molecule has 0 spiro atoms. The van der Waals surface area contributed by atoms with Crippen LogP contribution in [0.1, 0.15) is 22.8 Å². The fraction of sp³-hybridized carbons (Fsp3) is 0.188. The number of nitrogens with zero attached hydrogens (tertiary/aromatic N) is 2. The van der Waals surface area contributed by atoms with Crippen molar-refractivity contribution in [1.82, 2.24) is 0 Å². The first kappa shape index (κ1) is 13.3. The maximum atomic E-state index is 11.3. The van der Waals surface area contributed by atoms with Crippen LogP contribution in [0.15, 0.2) is 42.5 Å². The molecule has 0 saturated carbocycles. The predicted octanol–water partition coefficient (Wildman–Crippen LogP) is 3.49. The molecule has 1 aliphatic rings. The largest absolute Gasteiger partial charge is 0.332 e. The van der Waals surface area contributed by atoms with E-state index in [1.165, 1.54) is 11.6 Å². The van der Waals surface area contributed by atoms with E-state index in [1.807, 2.05) is 36.1 Å². The SMILES string of the molecule is CC1Cc2ccccc2N1c1ccc(C=O)cc1[N+](=O)[O-]. The third-order valence-corrected chi connectivity index (χ3v) is 3.80. The van der Waals surface area contributed by atoms with Crippen LogP contribution in [0.2, 0.25) is 0 Å². The number of nitro benzene ring substituents is 1. The second kappa shape index (κ2) is 5.01. The lowest BCUT2D eigenvalue weighted by Gasteiger charge is -2.24. The third-order valence-electron chi connectivity index (χ3n) is 3.80. The van der Waals surface area contributed by atoms with E-state index in [9.17, 15) is 14.9 Å². The van der Waals surface area contributed by atoms with Crippen LogP contribution in [-0.2, 0) is 6.42 Å². The number of para-hydroxylation sites is 1. The molecule has 1 unspecified atom stereocenters. The van der Waals surface area contributed by atoms with Crippen LogP contribution in [0.4, 0.5) is 17.1 Å². The maximum Gasteiger partial charge on any atom is 0.293 e. The summed E-state index contributed by atoms with van der Waals surface area (Å²) in [6, 6.07) is 12.6. The normalized spacial score (nSPS) is 16.6. The Morgan fingerprint density at radius 3 is 2.71 bits per heavy atom. The number of nitro groups is 1. The summed E-state index contributed by atoms with van der Waals surface area (Å²) in [5.41, 5.74) is 2.97. The molecule has 0 fully saturated rings. The Morgan fingerprint density at radius 1 is 1.24 bits per heavy atom. The van der Waals surface area contributed by atoms with Crippen LogP contribution in [0.25, 0.3) is 0 Å². The average Bonchev–Trinajstić information content (AvgIpc) is 2.82. The minimum atomic E-state index is -0.435. The highest BCUT2D eigenvalue weighted by Crippen LogP contribution is 2.42. The van der Waals surface area contributed by atoms with E-state index in [0.29, 0.717) is 17.5 Å². The predicted molar refractivity (Wildman–Crippen MR) is 80.2 cm³/mol. The standard InChI is InChI=1S/C16H14N2O3/c1-11-8-13-4-2-3-5-14(13)17(11)15-7-6-12(10-19)9-16(15)18(20)21/h2-7,9-11H,8H2,1H3. The van der Waals surface area contributed by atoms with Gasteiger partial charge in [-0.15, -0.1) is 0 Å². The highest BCUT2D eigenvalue weighted by atomic mass is 16.6. The molecule has 2 aromatic rings. The molecule has 3 rings (SSSR count). The summed E-state index contributed by atoms with van der Waals surface area (Å²) >= 11 is 0. The van der Waals surface area contributed by atoms with Crippen molar-refractivity contribution in [2.24, 2.45) is 0 Å². The van der Waals surface area contributed by atoms with Crippen molar-refractivity contribution in [2.75, 3.05) is 4.90 Å². The van der Waals surface area contributed by atoms with Gasteiger partial charge in [-0.3, -0.25) is 14.9 Å². The summed E-state index contributed by atoms with van der Waals surface area (Å²) in [6.07, 6.45) is 1.47. The molecule has 0 aromatic heterocycles. The number of hydrogen-bond donors (Lipinski definition) is 0. The van der Waals surface area contributed by atoms with Crippen LogP contribution in [0.3, 0.4) is 0 Å². The van der Waals surface area contributed by atoms with Crippen molar-refractivity contribution in [1.29, 1.82) is 0 Å². The van der Waals surface area contributed by atoms with E-state index in [4.69, 9.17) is 0 Å². The number of benzene rings is 2. The van der Waals surface area contributed by atoms with Crippen molar-refractivity contribution in [2.45, 2.75) is 19.4 Å². The number of carbonyl (C=O) groups excluding carboxylic acids is 1. The van der Waals surface area contributed by atoms with E-state index in [1.54, 1.807) is 12.1 Å². The number of hydrogen-bond acceptors (Lipinski definition) is 4. The lowest BCUT2D eigenvalue weighted by atomic mass is 10.1. The molecule has 1 heterocycles. The number of rotatable bonds is 3. The molecule has 0 bridgehead atoms. The Bertz CT molecular complexity index is 727. The first-order valence-corrected chi connectivity index (χ1v) is 6.72. The summed E-state index contributed by atoms with van der Waals surface area (Å²) in [5, 5.41) is 11.3. The minimum absolute atomic E-state index is 0.0387. The zero-order chi connectivity index (χ0) is 15.0. The molecule has 0 aliphatic carbocycles. The fourth-order valence-corrected chi connectivity index (χ4v) is 2.90. The molecule has 2 aromatic carbocycles. The van der Waals surface area contributed by atoms with Gasteiger partial charge in [-0.25, -0.2) is 0 Å². The second-order valence-corrected chi connectivity index (χ2v) is 5.17. The van der Waals surface area contributed by atoms with Crippen molar-refractivity contribution >= 4 is 23.3 Å². The molecule has 0 amide bonds. The molecule has 0 saturated heterocycles. The van der Waals surface area contributed by atoms with Gasteiger partial charge in [-0.05, 0) is 37.1 Å². The first-order valence-electron chi connectivity index (χ1n) is 6.72. The van der Waals surface area contributed by atoms with E-state index in [2.05, 4.69) is 0 Å². The van der Waals surface area contributed by atoms with E-state index >= 15 is 0 Å². The molecular weight excluding hydrogens is 268 g/mol. The zero-order valence-electron chi connectivity index (χ0n) is 11.5. The van der Waals surface area contributed by atoms with Gasteiger partial charge in [0.05, 0.1) is 4.92 Å². The molecule has 1 aliphatic heterocycles. The molecule has 106 valence electrons. The van der Waals surface area contributed by atoms with E-state index < -0.39 is 4.92 Å². The highest BCUT2D eigenvalue weighted by molar-refractivity contribution is 5.83. The number of carbonyl (C=O) groups is 1. The highest BCUT2D eigenvalue weighted by Gasteiger charge is 2.31. The molecule has 5 nitrogen and oxygen atoms in total. The number of aldehydes is 1. The van der Waals surface area contributed by atoms with Gasteiger partial charge in [-0.1, -0.05) is 18.2 Å². The Labute approximate surface area is 122 Å². The van der Waals surface area contributed by atoms with Crippen LogP contribution in [0.5, 0.6) is 0 Å². The molecule has 0 N–H and O–H groups in total. The lowest BCUT2D eigenvalue weighted by Crippen LogP contribution is -2.24. The Morgan fingerprint density at radius 2 is 2.00 bits per heavy atom. The van der Waals surface area contributed by atoms with Gasteiger partial charge in [-0.2, -0.15) is 0 Å². The maximum absolute atomic E-state index is 11.3. The van der Waals surface area contributed by atoms with E-state index in [0.717, 1.165) is 12.1 Å². The second-order valence-electron chi connectivity index (χ2n) is 5.17. The quantitative estimate of drug-likeness (QED) is 0.491. The van der Waals surface area contributed by atoms with Crippen LogP contribution in [0, 0.1) is 10.1 Å². The molecule has 5 heteroatoms. The molecule has 0 radical (unpaired) electrons. The molecule has 21 heavy (non-hydrogen) atoms. The summed E-state index contributed by atoms with van der Waals surface area (Å²) in [4.78, 5) is 23.7. The van der Waals surface area contributed by atoms with Gasteiger partial charge in [0.25, 0.3) is 5.69 Å². The fourth-order valence-electron chi connectivity index (χ4n) is 2.90. The third kappa shape index (κ3) is 2.16. The Kier molecular flexibility index (Phi) is 3.17. The monoisotopic (exact) mass is 282 g/mol. The minimum Gasteiger partial charge on any atom is -0.332 e. The summed E-state index contributed by atoms with van der Waals surface area (Å²) in [6.45, 7) is 2.04. The van der Waals surface area contributed by atoms with Gasteiger partial charge in [0.2, 0.25) is 0 Å². The van der Waals surface area contributed by atoms with E-state index in [-0.39, 0.29) is 11.7 Å². The summed E-state index contributed by atoms with van der Waals surface area (Å²) in [5.74, 6) is 0. The van der Waals surface area contributed by atoms with Crippen molar-refractivity contribution in [3.8, 4) is 0 Å². The van der Waals surface area contributed by atoms with Crippen molar-refractivity contribution in [3.63, 3.8) is 0 Å². The Balaban J connectivity index is 2.16. The van der Waals surface area contributed by atoms with Gasteiger partial charge < -0.3 is 4.90 Å². The van der Waals surface area contributed by atoms with Gasteiger partial charge >= 0.3 is 0 Å². The van der Waals surface area contributed by atoms with Crippen molar-refractivity contribution < 1.29 is 9.72 Å². The Hall–Kier alpha value is -2.69. The smallest absolute Gasteiger partial charge is 0.293 e. The number of anilines is 2. The van der Waals surface area contributed by atoms with Gasteiger partial charge in [0.1, 0.15) is 12.0 Å². The summed E-state index contributed by atoms with van der Waals surface area (Å²) in [7, 11) is 0. The van der Waals surface area contributed by atoms with Gasteiger partial charge in [0.15, 0.2) is 0 Å². The lowest BCUT2D eigenvalue weighted by molar-refractivity contribution is -0.384. The first-order chi connectivity index (χ1) is 10.1. The van der Waals surface area contributed by atoms with Crippen molar-refractivity contribution in [3.05, 3.63) is 63.7 Å². The van der Waals surface area contributed by atoms with Crippen LogP contribution >= 0.6 is 0 Å².